The third-order valence-corrected chi connectivity index (χ3v) is 13.1. The Morgan fingerprint density at radius 3 is 1.19 bits per heavy atom. The number of para-hydroxylation sites is 4. The molecule has 0 N–H and O–H groups in total. The molecule has 12 rings (SSSR count). The van der Waals surface area contributed by atoms with Crippen LogP contribution in [0, 0.1) is 5.92 Å². The topological polar surface area (TPSA) is 34.6 Å². The predicted molar refractivity (Wildman–Crippen MR) is 268 cm³/mol. The molecule has 4 nitrogen and oxygen atoms in total. The fourth-order valence-corrected chi connectivity index (χ4v) is 10.1. The van der Waals surface area contributed by atoms with Gasteiger partial charge in [0, 0.05) is 50.0 Å². The van der Waals surface area contributed by atoms with Crippen molar-refractivity contribution in [3.63, 3.8) is 0 Å². The summed E-state index contributed by atoms with van der Waals surface area (Å²) in [5.74, 6) is 0.756. The zero-order chi connectivity index (χ0) is 42.6. The highest BCUT2D eigenvalue weighted by molar-refractivity contribution is 6.16. The normalized spacial score (nSPS) is 15.2. The SMILES string of the molecule is CCC1C(c2cc(-n3c4ccccc4c4ccccc43)cc(-n3c4ccccc4c4ccccc43)c2)=NC(c2ccc(-c3ccccc3)cc2)=NC1c1ccc(-c2ccccc2)cc1. The van der Waals surface area contributed by atoms with Crippen molar-refractivity contribution in [1.29, 1.82) is 0 Å². The van der Waals surface area contributed by atoms with Gasteiger partial charge in [-0.05, 0) is 76.7 Å². The first-order chi connectivity index (χ1) is 31.7. The Labute approximate surface area is 372 Å². The molecule has 11 aromatic rings. The molecule has 9 aromatic carbocycles. The maximum Gasteiger partial charge on any atom is 0.155 e. The van der Waals surface area contributed by atoms with Gasteiger partial charge in [0.05, 0.1) is 33.8 Å². The smallest absolute Gasteiger partial charge is 0.155 e. The van der Waals surface area contributed by atoms with Gasteiger partial charge in [0.15, 0.2) is 5.84 Å². The van der Waals surface area contributed by atoms with E-state index in [1.54, 1.807) is 0 Å². The summed E-state index contributed by atoms with van der Waals surface area (Å²) in [7, 11) is 0. The minimum atomic E-state index is -0.153. The van der Waals surface area contributed by atoms with Gasteiger partial charge in [0.25, 0.3) is 0 Å². The predicted octanol–water partition coefficient (Wildman–Crippen LogP) is 15.2. The van der Waals surface area contributed by atoms with Crippen molar-refractivity contribution >= 4 is 55.2 Å². The Bertz CT molecular complexity index is 3340. The van der Waals surface area contributed by atoms with Crippen LogP contribution in [0.2, 0.25) is 0 Å². The van der Waals surface area contributed by atoms with E-state index in [-0.39, 0.29) is 12.0 Å². The third-order valence-electron chi connectivity index (χ3n) is 13.1. The quantitative estimate of drug-likeness (QED) is 0.146. The molecule has 0 amide bonds. The van der Waals surface area contributed by atoms with Gasteiger partial charge in [-0.3, -0.25) is 4.99 Å². The fraction of sp³-hybridized carbons (Fsp3) is 0.0667. The molecule has 3 heterocycles. The lowest BCUT2D eigenvalue weighted by Crippen LogP contribution is -2.28. The van der Waals surface area contributed by atoms with E-state index in [9.17, 15) is 0 Å². The summed E-state index contributed by atoms with van der Waals surface area (Å²) in [4.78, 5) is 11.2. The number of hydrogen-bond donors (Lipinski definition) is 0. The monoisotopic (exact) mass is 820 g/mol. The lowest BCUT2D eigenvalue weighted by atomic mass is 9.82. The van der Waals surface area contributed by atoms with Crippen molar-refractivity contribution in [2.75, 3.05) is 0 Å². The summed E-state index contributed by atoms with van der Waals surface area (Å²) >= 11 is 0. The van der Waals surface area contributed by atoms with Crippen LogP contribution in [0.3, 0.4) is 0 Å². The van der Waals surface area contributed by atoms with Crippen LogP contribution in [-0.2, 0) is 0 Å². The molecule has 0 saturated heterocycles. The molecule has 64 heavy (non-hydrogen) atoms. The highest BCUT2D eigenvalue weighted by Gasteiger charge is 2.33. The van der Waals surface area contributed by atoms with Crippen molar-refractivity contribution in [2.45, 2.75) is 19.4 Å². The number of aliphatic imine (C=N–C) groups is 2. The number of amidine groups is 1. The Hall–Kier alpha value is -8.08. The second-order valence-electron chi connectivity index (χ2n) is 16.8. The van der Waals surface area contributed by atoms with E-state index in [4.69, 9.17) is 9.98 Å². The van der Waals surface area contributed by atoms with Gasteiger partial charge in [0.1, 0.15) is 0 Å². The van der Waals surface area contributed by atoms with E-state index in [2.05, 4.69) is 241 Å². The molecule has 0 radical (unpaired) electrons. The number of nitrogens with zero attached hydrogens (tertiary/aromatic N) is 4. The van der Waals surface area contributed by atoms with Crippen molar-refractivity contribution in [3.8, 4) is 33.6 Å². The molecule has 0 fully saturated rings. The van der Waals surface area contributed by atoms with Crippen LogP contribution in [0.15, 0.2) is 234 Å². The Morgan fingerprint density at radius 1 is 0.375 bits per heavy atom. The van der Waals surface area contributed by atoms with Gasteiger partial charge in [-0.15, -0.1) is 0 Å². The van der Waals surface area contributed by atoms with Gasteiger partial charge < -0.3 is 9.13 Å². The van der Waals surface area contributed by atoms with E-state index in [1.807, 2.05) is 0 Å². The van der Waals surface area contributed by atoms with Crippen molar-refractivity contribution < 1.29 is 0 Å². The molecule has 0 aliphatic carbocycles. The highest BCUT2D eigenvalue weighted by Crippen LogP contribution is 2.41. The minimum absolute atomic E-state index is 0.00863. The molecule has 2 atom stereocenters. The van der Waals surface area contributed by atoms with Gasteiger partial charge >= 0.3 is 0 Å². The molecule has 0 bridgehead atoms. The average Bonchev–Trinajstić information content (AvgIpc) is 3.90. The Balaban J connectivity index is 1.10. The van der Waals surface area contributed by atoms with Crippen LogP contribution in [0.4, 0.5) is 0 Å². The second kappa shape index (κ2) is 15.7. The molecule has 0 spiro atoms. The molecule has 0 saturated carbocycles. The van der Waals surface area contributed by atoms with Crippen molar-refractivity contribution in [3.05, 3.63) is 241 Å². The number of rotatable bonds is 8. The summed E-state index contributed by atoms with van der Waals surface area (Å²) in [5.41, 5.74) is 15.9. The first-order valence-electron chi connectivity index (χ1n) is 22.3. The molecule has 4 heteroatoms. The highest BCUT2D eigenvalue weighted by atomic mass is 15.0. The second-order valence-corrected chi connectivity index (χ2v) is 16.8. The van der Waals surface area contributed by atoms with Crippen molar-refractivity contribution in [2.24, 2.45) is 15.9 Å². The van der Waals surface area contributed by atoms with E-state index >= 15 is 0 Å². The van der Waals surface area contributed by atoms with E-state index in [0.29, 0.717) is 0 Å². The summed E-state index contributed by atoms with van der Waals surface area (Å²) < 4.78 is 4.87. The average molecular weight is 821 g/mol. The maximum atomic E-state index is 5.66. The van der Waals surface area contributed by atoms with Crippen LogP contribution in [0.5, 0.6) is 0 Å². The van der Waals surface area contributed by atoms with Gasteiger partial charge in [0.2, 0.25) is 0 Å². The number of benzene rings is 9. The summed E-state index contributed by atoms with van der Waals surface area (Å²) in [5, 5.41) is 4.93. The largest absolute Gasteiger partial charge is 0.309 e. The zero-order valence-corrected chi connectivity index (χ0v) is 35.5. The van der Waals surface area contributed by atoms with Crippen LogP contribution < -0.4 is 0 Å². The molecule has 304 valence electrons. The fourth-order valence-electron chi connectivity index (χ4n) is 10.1. The van der Waals surface area contributed by atoms with Gasteiger partial charge in [-0.25, -0.2) is 4.99 Å². The standard InChI is InChI=1S/C60H44N4/c1-2-49-58(44-33-29-42(30-34-44)40-17-5-3-6-18-40)61-60(45-35-31-43(32-36-45)41-19-7-4-8-20-41)62-59(49)46-37-47(63-54-25-13-9-21-50(54)51-22-10-14-26-55(51)63)39-48(38-46)64-56-27-15-11-23-52(56)53-24-12-16-28-57(53)64/h3-39,49,58H,2H2,1H3. The first kappa shape index (κ1) is 37.7. The number of fused-ring (bicyclic) bond motifs is 6. The molecule has 2 unspecified atom stereocenters. The van der Waals surface area contributed by atoms with E-state index in [1.165, 1.54) is 71.4 Å². The first-order valence-corrected chi connectivity index (χ1v) is 22.3. The Morgan fingerprint density at radius 2 is 0.750 bits per heavy atom. The molecule has 1 aliphatic rings. The molecular formula is C60H44N4. The van der Waals surface area contributed by atoms with Crippen molar-refractivity contribution in [1.82, 2.24) is 9.13 Å². The van der Waals surface area contributed by atoms with E-state index in [0.717, 1.165) is 40.5 Å². The molecule has 1 aliphatic heterocycles. The number of aromatic nitrogens is 2. The van der Waals surface area contributed by atoms with Crippen LogP contribution in [-0.4, -0.2) is 20.7 Å². The lowest BCUT2D eigenvalue weighted by molar-refractivity contribution is 0.532. The van der Waals surface area contributed by atoms with Crippen LogP contribution in [0.25, 0.3) is 77.2 Å². The van der Waals surface area contributed by atoms with Crippen LogP contribution >= 0.6 is 0 Å². The molecule has 2 aromatic heterocycles. The summed E-state index contributed by atoms with van der Waals surface area (Å²) in [6, 6.07) is 81.0. The van der Waals surface area contributed by atoms with Gasteiger partial charge in [-0.2, -0.15) is 0 Å². The van der Waals surface area contributed by atoms with Crippen LogP contribution in [0.1, 0.15) is 36.1 Å². The molecular weight excluding hydrogens is 777 g/mol. The minimum Gasteiger partial charge on any atom is -0.309 e. The summed E-state index contributed by atoms with van der Waals surface area (Å²) in [6.07, 6.45) is 0.859. The zero-order valence-electron chi connectivity index (χ0n) is 35.5. The Kier molecular flexibility index (Phi) is 9.23. The summed E-state index contributed by atoms with van der Waals surface area (Å²) in [6.45, 7) is 2.28. The number of hydrogen-bond acceptors (Lipinski definition) is 2. The lowest BCUT2D eigenvalue weighted by Gasteiger charge is -2.30. The van der Waals surface area contributed by atoms with E-state index < -0.39 is 0 Å². The maximum absolute atomic E-state index is 5.66. The van der Waals surface area contributed by atoms with Gasteiger partial charge in [-0.1, -0.05) is 189 Å². The third kappa shape index (κ3) is 6.37.